The highest BCUT2D eigenvalue weighted by Crippen LogP contribution is 2.22. The molecule has 0 aliphatic carbocycles. The van der Waals surface area contributed by atoms with Gasteiger partial charge in [-0.3, -0.25) is 9.48 Å². The molecule has 0 saturated carbocycles. The Labute approximate surface area is 267 Å². The van der Waals surface area contributed by atoms with E-state index in [-0.39, 0.29) is 40.8 Å². The van der Waals surface area contributed by atoms with Crippen LogP contribution in [0.1, 0.15) is 59.1 Å². The van der Waals surface area contributed by atoms with E-state index in [9.17, 15) is 18.0 Å². The highest BCUT2D eigenvalue weighted by Gasteiger charge is 2.22. The van der Waals surface area contributed by atoms with E-state index < -0.39 is 21.5 Å². The summed E-state index contributed by atoms with van der Waals surface area (Å²) in [6, 6.07) is 17.0. The number of fused-ring (bicyclic) bond motifs is 1. The largest absolute Gasteiger partial charge is 0.444 e. The van der Waals surface area contributed by atoms with E-state index in [4.69, 9.17) is 4.74 Å². The van der Waals surface area contributed by atoms with Crippen molar-refractivity contribution >= 4 is 27.5 Å². The maximum Gasteiger partial charge on any atom is 0.407 e. The van der Waals surface area contributed by atoms with Crippen molar-refractivity contribution in [1.29, 1.82) is 0 Å². The zero-order valence-corrected chi connectivity index (χ0v) is 26.8. The molecule has 11 nitrogen and oxygen atoms in total. The highest BCUT2D eigenvalue weighted by atomic mass is 32.2. The number of hydrogen-bond donors (Lipinski definition) is 2. The molecule has 2 aromatic carbocycles. The molecule has 0 spiro atoms. The zero-order valence-electron chi connectivity index (χ0n) is 25.9. The van der Waals surface area contributed by atoms with Crippen molar-refractivity contribution in [3.05, 3.63) is 119 Å². The summed E-state index contributed by atoms with van der Waals surface area (Å²) in [6.45, 7) is 5.83. The number of aryl methyl sites for hydroxylation is 1. The van der Waals surface area contributed by atoms with E-state index in [0.29, 0.717) is 11.3 Å². The molecule has 0 fully saturated rings. The smallest absolute Gasteiger partial charge is 0.407 e. The zero-order chi connectivity index (χ0) is 32.9. The number of pyridine rings is 1. The number of benzene rings is 2. The Morgan fingerprint density at radius 1 is 0.913 bits per heavy atom. The lowest BCUT2D eigenvalue weighted by atomic mass is 10.1. The second-order valence-corrected chi connectivity index (χ2v) is 13.6. The van der Waals surface area contributed by atoms with Gasteiger partial charge in [0.15, 0.2) is 9.84 Å². The first-order valence-corrected chi connectivity index (χ1v) is 16.1. The molecular formula is C34H34N6O5S. The number of sulfone groups is 1. The molecule has 0 unspecified atom stereocenters. The quantitative estimate of drug-likeness (QED) is 0.241. The van der Waals surface area contributed by atoms with Gasteiger partial charge in [0.1, 0.15) is 11.2 Å². The molecule has 3 heterocycles. The molecule has 0 radical (unpaired) electrons. The van der Waals surface area contributed by atoms with Crippen LogP contribution in [0.4, 0.5) is 4.79 Å². The van der Waals surface area contributed by atoms with Crippen molar-refractivity contribution in [3.63, 3.8) is 0 Å². The van der Waals surface area contributed by atoms with Gasteiger partial charge in [0.05, 0.1) is 16.3 Å². The molecule has 0 saturated heterocycles. The van der Waals surface area contributed by atoms with Crippen LogP contribution in [0.5, 0.6) is 0 Å². The number of nitrogens with one attached hydrogen (secondary N) is 2. The number of carbonyl (C=O) groups is 2. The van der Waals surface area contributed by atoms with Gasteiger partial charge in [-0.2, -0.15) is 5.10 Å². The number of alkyl carbamates (subject to hydrolysis) is 1. The molecular weight excluding hydrogens is 604 g/mol. The second kappa shape index (κ2) is 13.3. The molecule has 0 atom stereocenters. The molecule has 46 heavy (non-hydrogen) atoms. The average Bonchev–Trinajstić information content (AvgIpc) is 3.64. The predicted molar refractivity (Wildman–Crippen MR) is 172 cm³/mol. The minimum absolute atomic E-state index is 0.00490. The van der Waals surface area contributed by atoms with E-state index in [1.165, 1.54) is 22.9 Å². The Morgan fingerprint density at radius 3 is 2.46 bits per heavy atom. The summed E-state index contributed by atoms with van der Waals surface area (Å²) >= 11 is 0. The number of ether oxygens (including phenoxy) is 1. The fourth-order valence-electron chi connectivity index (χ4n) is 4.59. The molecule has 0 aliphatic rings. The fourth-order valence-corrected chi connectivity index (χ4v) is 6.01. The number of imidazole rings is 1. The van der Waals surface area contributed by atoms with Gasteiger partial charge >= 0.3 is 6.09 Å². The lowest BCUT2D eigenvalue weighted by molar-refractivity contribution is 0.0523. The van der Waals surface area contributed by atoms with Gasteiger partial charge in [0, 0.05) is 61.6 Å². The van der Waals surface area contributed by atoms with Crippen LogP contribution in [-0.2, 0) is 40.5 Å². The van der Waals surface area contributed by atoms with E-state index in [0.717, 1.165) is 16.8 Å². The standard InChI is InChI=1S/C34H34N6O5S/c1-34(2,3)45-33(42)37-22-25-7-5-6-24(18-25)8-9-27-20-28(10-11-30(27)46(43,44)23-29-13-15-39(4)38-29)32(41)36-21-26-12-16-40-17-14-35-31(40)19-26/h5-7,10-20H,21-23H2,1-4H3,(H,36,41)(H,37,42). The molecule has 236 valence electrons. The van der Waals surface area contributed by atoms with Gasteiger partial charge in [-0.1, -0.05) is 24.0 Å². The molecule has 2 N–H and O–H groups in total. The van der Waals surface area contributed by atoms with Gasteiger partial charge in [-0.15, -0.1) is 0 Å². The van der Waals surface area contributed by atoms with Gasteiger partial charge in [0.2, 0.25) is 0 Å². The number of amides is 2. The fraction of sp³-hybridized carbons (Fsp3) is 0.235. The van der Waals surface area contributed by atoms with Crippen molar-refractivity contribution < 1.29 is 22.7 Å². The minimum Gasteiger partial charge on any atom is -0.444 e. The Morgan fingerprint density at radius 2 is 1.70 bits per heavy atom. The Kier molecular flexibility index (Phi) is 9.25. The normalized spacial score (nSPS) is 11.5. The number of rotatable bonds is 8. The van der Waals surface area contributed by atoms with E-state index >= 15 is 0 Å². The maximum absolute atomic E-state index is 13.5. The predicted octanol–water partition coefficient (Wildman–Crippen LogP) is 4.40. The van der Waals surface area contributed by atoms with Gasteiger partial charge < -0.3 is 19.8 Å². The van der Waals surface area contributed by atoms with E-state index in [2.05, 4.69) is 32.6 Å². The van der Waals surface area contributed by atoms with Gasteiger partial charge in [0.25, 0.3) is 5.91 Å². The summed E-state index contributed by atoms with van der Waals surface area (Å²) in [4.78, 5) is 29.5. The number of carbonyl (C=O) groups excluding carboxylic acids is 2. The summed E-state index contributed by atoms with van der Waals surface area (Å²) in [7, 11) is -2.16. The third-order valence-electron chi connectivity index (χ3n) is 6.70. The molecule has 3 aromatic heterocycles. The first kappa shape index (κ1) is 32.0. The molecule has 2 amide bonds. The van der Waals surface area contributed by atoms with Gasteiger partial charge in [-0.25, -0.2) is 18.2 Å². The third-order valence-corrected chi connectivity index (χ3v) is 8.41. The molecule has 0 bridgehead atoms. The van der Waals surface area contributed by atoms with E-state index in [1.807, 2.05) is 35.0 Å². The van der Waals surface area contributed by atoms with Crippen LogP contribution < -0.4 is 10.6 Å². The molecule has 12 heteroatoms. The van der Waals surface area contributed by atoms with Crippen molar-refractivity contribution in [1.82, 2.24) is 29.8 Å². The topological polar surface area (TPSA) is 137 Å². The second-order valence-electron chi connectivity index (χ2n) is 11.7. The van der Waals surface area contributed by atoms with Crippen LogP contribution in [0, 0.1) is 11.8 Å². The first-order chi connectivity index (χ1) is 21.8. The monoisotopic (exact) mass is 638 g/mol. The SMILES string of the molecule is Cn1ccc(CS(=O)(=O)c2ccc(C(=O)NCc3ccn4ccnc4c3)cc2C#Cc2cccc(CNC(=O)OC(C)(C)C)c2)n1. The lowest BCUT2D eigenvalue weighted by Gasteiger charge is -2.19. The Balaban J connectivity index is 1.40. The summed E-state index contributed by atoms with van der Waals surface area (Å²) in [5.41, 5.74) is 3.22. The summed E-state index contributed by atoms with van der Waals surface area (Å²) in [6.07, 6.45) is 6.53. The van der Waals surface area contributed by atoms with Crippen LogP contribution in [0.25, 0.3) is 5.65 Å². The first-order valence-electron chi connectivity index (χ1n) is 14.5. The van der Waals surface area contributed by atoms with Crippen LogP contribution >= 0.6 is 0 Å². The summed E-state index contributed by atoms with van der Waals surface area (Å²) in [5, 5.41) is 9.81. The van der Waals surface area contributed by atoms with Crippen molar-refractivity contribution in [2.24, 2.45) is 7.05 Å². The molecule has 5 rings (SSSR count). The van der Waals surface area contributed by atoms with Crippen LogP contribution in [-0.4, -0.2) is 45.2 Å². The summed E-state index contributed by atoms with van der Waals surface area (Å²) in [5.74, 6) is 5.30. The van der Waals surface area contributed by atoms with Crippen molar-refractivity contribution in [2.45, 2.75) is 50.1 Å². The lowest BCUT2D eigenvalue weighted by Crippen LogP contribution is -2.32. The van der Waals surface area contributed by atoms with Gasteiger partial charge in [-0.05, 0) is 80.4 Å². The highest BCUT2D eigenvalue weighted by molar-refractivity contribution is 7.90. The molecule has 0 aliphatic heterocycles. The average molecular weight is 639 g/mol. The van der Waals surface area contributed by atoms with Crippen LogP contribution in [0.3, 0.4) is 0 Å². The van der Waals surface area contributed by atoms with Crippen LogP contribution in [0.2, 0.25) is 0 Å². The molecule has 5 aromatic rings. The number of nitrogens with zero attached hydrogens (tertiary/aromatic N) is 4. The van der Waals surface area contributed by atoms with Crippen molar-refractivity contribution in [2.75, 3.05) is 0 Å². The summed E-state index contributed by atoms with van der Waals surface area (Å²) < 4.78 is 35.8. The van der Waals surface area contributed by atoms with Crippen molar-refractivity contribution in [3.8, 4) is 11.8 Å². The van der Waals surface area contributed by atoms with E-state index in [1.54, 1.807) is 64.5 Å². The number of aromatic nitrogens is 4. The minimum atomic E-state index is -3.87. The third kappa shape index (κ3) is 8.40. The Bertz CT molecular complexity index is 2080. The van der Waals surface area contributed by atoms with Crippen LogP contribution in [0.15, 0.2) is 90.3 Å². The maximum atomic E-state index is 13.5. The number of hydrogen-bond acceptors (Lipinski definition) is 7. The Hall–Kier alpha value is -5.41.